The third-order valence-electron chi connectivity index (χ3n) is 4.20. The smallest absolute Gasteiger partial charge is 0.225 e. The number of rotatable bonds is 5. The van der Waals surface area contributed by atoms with E-state index < -0.39 is 0 Å². The molecule has 0 aromatic carbocycles. The van der Waals surface area contributed by atoms with Crippen molar-refractivity contribution in [2.24, 2.45) is 16.2 Å². The van der Waals surface area contributed by atoms with Crippen molar-refractivity contribution in [1.29, 1.82) is 0 Å². The van der Waals surface area contributed by atoms with Gasteiger partial charge in [0.25, 0.3) is 0 Å². The monoisotopic (exact) mass is 381 g/mol. The predicted octanol–water partition coefficient (Wildman–Crippen LogP) is 4.80. The van der Waals surface area contributed by atoms with Crippen molar-refractivity contribution in [2.75, 3.05) is 6.54 Å². The third-order valence-corrected chi connectivity index (χ3v) is 4.58. The molecule has 0 aromatic heterocycles. The van der Waals surface area contributed by atoms with Gasteiger partial charge in [-0.25, -0.2) is 0 Å². The van der Waals surface area contributed by atoms with E-state index in [0.29, 0.717) is 6.54 Å². The molecular formula is C16H32INO. The van der Waals surface area contributed by atoms with Crippen LogP contribution in [0.5, 0.6) is 0 Å². The van der Waals surface area contributed by atoms with E-state index in [1.54, 1.807) is 0 Å². The van der Waals surface area contributed by atoms with Gasteiger partial charge in [-0.05, 0) is 31.1 Å². The molecule has 0 aromatic rings. The molecule has 2 nitrogen and oxygen atoms in total. The Morgan fingerprint density at radius 1 is 0.947 bits per heavy atom. The van der Waals surface area contributed by atoms with Crippen molar-refractivity contribution in [3.63, 3.8) is 0 Å². The summed E-state index contributed by atoms with van der Waals surface area (Å²) >= 11 is 2.36. The fraction of sp³-hybridized carbons (Fsp3) is 0.938. The van der Waals surface area contributed by atoms with Gasteiger partial charge in [0.2, 0.25) is 5.91 Å². The van der Waals surface area contributed by atoms with Gasteiger partial charge in [-0.1, -0.05) is 71.1 Å². The van der Waals surface area contributed by atoms with E-state index >= 15 is 0 Å². The maximum Gasteiger partial charge on any atom is 0.225 e. The second-order valence-electron chi connectivity index (χ2n) is 8.60. The second-order valence-corrected chi connectivity index (χ2v) is 11.5. The molecule has 19 heavy (non-hydrogen) atoms. The first-order valence-electron chi connectivity index (χ1n) is 7.06. The standard InChI is InChI=1S/C16H32INO/c1-13(2,3)15(6,7)10-14(4,5)12(19)18-11-16(8,9)17/h10-11H2,1-9H3,(H,18,19). The summed E-state index contributed by atoms with van der Waals surface area (Å²) in [6.07, 6.45) is 0.886. The van der Waals surface area contributed by atoms with Gasteiger partial charge in [-0.3, -0.25) is 4.79 Å². The van der Waals surface area contributed by atoms with Crippen LogP contribution in [0, 0.1) is 16.2 Å². The topological polar surface area (TPSA) is 29.1 Å². The Morgan fingerprint density at radius 2 is 1.37 bits per heavy atom. The average Bonchev–Trinajstić information content (AvgIpc) is 2.09. The van der Waals surface area contributed by atoms with Gasteiger partial charge in [-0.15, -0.1) is 0 Å². The second kappa shape index (κ2) is 5.90. The molecule has 0 unspecified atom stereocenters. The van der Waals surface area contributed by atoms with Crippen LogP contribution in [0.1, 0.15) is 68.7 Å². The molecule has 1 N–H and O–H groups in total. The summed E-state index contributed by atoms with van der Waals surface area (Å²) in [5.41, 5.74) is -0.0283. The van der Waals surface area contributed by atoms with Crippen molar-refractivity contribution in [1.82, 2.24) is 5.32 Å². The SMILES string of the molecule is CC(C)(I)CNC(=O)C(C)(C)CC(C)(C)C(C)(C)C. The highest BCUT2D eigenvalue weighted by atomic mass is 127. The van der Waals surface area contributed by atoms with E-state index in [-0.39, 0.29) is 25.6 Å². The summed E-state index contributed by atoms with van der Waals surface area (Å²) in [6, 6.07) is 0. The van der Waals surface area contributed by atoms with Crippen LogP contribution in [0.25, 0.3) is 0 Å². The minimum absolute atomic E-state index is 0.100. The lowest BCUT2D eigenvalue weighted by atomic mass is 9.62. The summed E-state index contributed by atoms with van der Waals surface area (Å²) < 4.78 is 0.100. The lowest BCUT2D eigenvalue weighted by molar-refractivity contribution is -0.132. The number of hydrogen-bond acceptors (Lipinski definition) is 1. The summed E-state index contributed by atoms with van der Waals surface area (Å²) in [4.78, 5) is 12.4. The van der Waals surface area contributed by atoms with Gasteiger partial charge >= 0.3 is 0 Å². The van der Waals surface area contributed by atoms with E-state index in [2.05, 4.69) is 90.2 Å². The normalized spacial score (nSPS) is 14.4. The zero-order valence-corrected chi connectivity index (χ0v) is 16.4. The van der Waals surface area contributed by atoms with Gasteiger partial charge in [0.15, 0.2) is 0 Å². The van der Waals surface area contributed by atoms with Crippen LogP contribution in [-0.4, -0.2) is 15.9 Å². The van der Waals surface area contributed by atoms with E-state index in [9.17, 15) is 4.79 Å². The summed E-state index contributed by atoms with van der Waals surface area (Å²) in [5, 5.41) is 3.09. The van der Waals surface area contributed by atoms with Gasteiger partial charge in [-0.2, -0.15) is 0 Å². The van der Waals surface area contributed by atoms with Crippen LogP contribution in [0.3, 0.4) is 0 Å². The van der Waals surface area contributed by atoms with Crippen LogP contribution in [0.2, 0.25) is 0 Å². The van der Waals surface area contributed by atoms with E-state index in [1.807, 2.05) is 0 Å². The van der Waals surface area contributed by atoms with Gasteiger partial charge in [0.05, 0.1) is 0 Å². The van der Waals surface area contributed by atoms with Crippen molar-refractivity contribution in [3.05, 3.63) is 0 Å². The first-order valence-corrected chi connectivity index (χ1v) is 8.14. The zero-order valence-electron chi connectivity index (χ0n) is 14.2. The minimum Gasteiger partial charge on any atom is -0.354 e. The molecular weight excluding hydrogens is 349 g/mol. The predicted molar refractivity (Wildman–Crippen MR) is 92.7 cm³/mol. The maximum absolute atomic E-state index is 12.4. The molecule has 0 aliphatic rings. The molecule has 0 radical (unpaired) electrons. The number of alkyl halides is 1. The Hall–Kier alpha value is 0.200. The molecule has 0 spiro atoms. The molecule has 0 aliphatic heterocycles. The Balaban J connectivity index is 4.76. The Labute approximate surface area is 133 Å². The average molecular weight is 381 g/mol. The molecule has 0 aliphatic carbocycles. The van der Waals surface area contributed by atoms with Crippen molar-refractivity contribution in [3.8, 4) is 0 Å². The quantitative estimate of drug-likeness (QED) is 0.538. The zero-order chi connectivity index (χ0) is 15.7. The highest BCUT2D eigenvalue weighted by Gasteiger charge is 2.41. The molecule has 0 fully saturated rings. The first-order chi connectivity index (χ1) is 8.08. The lowest BCUT2D eigenvalue weighted by Crippen LogP contribution is -2.45. The lowest BCUT2D eigenvalue weighted by Gasteiger charge is -2.43. The van der Waals surface area contributed by atoms with E-state index in [1.165, 1.54) is 0 Å². The molecule has 0 saturated heterocycles. The number of carbonyl (C=O) groups is 1. The van der Waals surface area contributed by atoms with Crippen molar-refractivity contribution in [2.45, 2.75) is 72.2 Å². The molecule has 0 bridgehead atoms. The summed E-state index contributed by atoms with van der Waals surface area (Å²) in [5.74, 6) is 0.162. The number of halogens is 1. The van der Waals surface area contributed by atoms with E-state index in [0.717, 1.165) is 6.42 Å². The number of carbonyl (C=O) groups excluding carboxylic acids is 1. The number of hydrogen-bond donors (Lipinski definition) is 1. The van der Waals surface area contributed by atoms with Crippen molar-refractivity contribution < 1.29 is 4.79 Å². The first kappa shape index (κ1) is 19.2. The van der Waals surface area contributed by atoms with Crippen molar-refractivity contribution >= 4 is 28.5 Å². The highest BCUT2D eigenvalue weighted by Crippen LogP contribution is 2.46. The molecule has 0 heterocycles. The molecule has 1 amide bonds. The maximum atomic E-state index is 12.4. The third kappa shape index (κ3) is 6.46. The molecule has 0 rings (SSSR count). The molecule has 114 valence electrons. The summed E-state index contributed by atoms with van der Waals surface area (Å²) in [7, 11) is 0. The minimum atomic E-state index is -0.335. The van der Waals surface area contributed by atoms with E-state index in [4.69, 9.17) is 0 Å². The number of nitrogens with one attached hydrogen (secondary N) is 1. The van der Waals surface area contributed by atoms with Crippen LogP contribution in [0.4, 0.5) is 0 Å². The fourth-order valence-corrected chi connectivity index (χ4v) is 2.17. The van der Waals surface area contributed by atoms with Gasteiger partial charge in [0, 0.05) is 15.4 Å². The Bertz CT molecular complexity index is 319. The van der Waals surface area contributed by atoms with Gasteiger partial charge in [0.1, 0.15) is 0 Å². The van der Waals surface area contributed by atoms with Crippen LogP contribution in [-0.2, 0) is 4.79 Å². The van der Waals surface area contributed by atoms with Crippen LogP contribution < -0.4 is 5.32 Å². The molecule has 0 atom stereocenters. The van der Waals surface area contributed by atoms with Gasteiger partial charge < -0.3 is 5.32 Å². The van der Waals surface area contributed by atoms with Crippen LogP contribution >= 0.6 is 22.6 Å². The Kier molecular flexibility index (Phi) is 5.97. The fourth-order valence-electron chi connectivity index (χ4n) is 1.98. The summed E-state index contributed by atoms with van der Waals surface area (Å²) in [6.45, 7) is 20.3. The highest BCUT2D eigenvalue weighted by molar-refractivity contribution is 14.1. The van der Waals surface area contributed by atoms with Crippen LogP contribution in [0.15, 0.2) is 0 Å². The Morgan fingerprint density at radius 3 is 1.68 bits per heavy atom. The largest absolute Gasteiger partial charge is 0.354 e. The molecule has 0 saturated carbocycles. The number of amides is 1. The molecule has 3 heteroatoms.